The predicted molar refractivity (Wildman–Crippen MR) is 73.1 cm³/mol. The largest absolute Gasteiger partial charge is 0.392 e. The van der Waals surface area contributed by atoms with Crippen LogP contribution in [0.15, 0.2) is 60.8 Å². The summed E-state index contributed by atoms with van der Waals surface area (Å²) in [6, 6.07) is 18.1. The summed E-state index contributed by atoms with van der Waals surface area (Å²) in [6.07, 6.45) is 1.89. The number of fused-ring (bicyclic) bond motifs is 1. The van der Waals surface area contributed by atoms with Crippen LogP contribution in [-0.4, -0.2) is 10.1 Å². The molecule has 0 amide bonds. The third-order valence-corrected chi connectivity index (χ3v) is 3.06. The molecule has 0 unspecified atom stereocenters. The normalized spacial score (nSPS) is 10.7. The first-order chi connectivity index (χ1) is 8.86. The lowest BCUT2D eigenvalue weighted by Crippen LogP contribution is -1.85. The van der Waals surface area contributed by atoms with Crippen molar-refractivity contribution in [3.05, 3.63) is 66.4 Å². The van der Waals surface area contributed by atoms with Crippen LogP contribution in [0.5, 0.6) is 0 Å². The Bertz CT molecular complexity index is 674. The highest BCUT2D eigenvalue weighted by Gasteiger charge is 2.00. The SMILES string of the molecule is OCc1ccc(-c2cnc3ccccc3c2)cc1. The third kappa shape index (κ3) is 1.98. The number of nitrogens with zero attached hydrogens (tertiary/aromatic N) is 1. The number of para-hydroxylation sites is 1. The zero-order valence-electron chi connectivity index (χ0n) is 9.88. The lowest BCUT2D eigenvalue weighted by molar-refractivity contribution is 0.282. The van der Waals surface area contributed by atoms with E-state index in [0.29, 0.717) is 0 Å². The number of aromatic nitrogens is 1. The van der Waals surface area contributed by atoms with Crippen molar-refractivity contribution in [2.45, 2.75) is 6.61 Å². The van der Waals surface area contributed by atoms with E-state index in [0.717, 1.165) is 27.6 Å². The van der Waals surface area contributed by atoms with Crippen molar-refractivity contribution in [2.24, 2.45) is 0 Å². The van der Waals surface area contributed by atoms with Crippen LogP contribution in [0.4, 0.5) is 0 Å². The molecule has 0 spiro atoms. The van der Waals surface area contributed by atoms with Crippen LogP contribution in [0.3, 0.4) is 0 Å². The maximum Gasteiger partial charge on any atom is 0.0702 e. The molecule has 0 saturated heterocycles. The molecule has 88 valence electrons. The van der Waals surface area contributed by atoms with Crippen molar-refractivity contribution in [1.82, 2.24) is 4.98 Å². The molecule has 0 radical (unpaired) electrons. The minimum atomic E-state index is 0.0796. The molecule has 2 heteroatoms. The van der Waals surface area contributed by atoms with E-state index in [9.17, 15) is 0 Å². The van der Waals surface area contributed by atoms with Crippen LogP contribution in [-0.2, 0) is 6.61 Å². The lowest BCUT2D eigenvalue weighted by atomic mass is 10.0. The van der Waals surface area contributed by atoms with Gasteiger partial charge in [0.05, 0.1) is 12.1 Å². The van der Waals surface area contributed by atoms with Crippen LogP contribution < -0.4 is 0 Å². The highest BCUT2D eigenvalue weighted by molar-refractivity contribution is 5.83. The summed E-state index contributed by atoms with van der Waals surface area (Å²) in [5.41, 5.74) is 4.14. The number of pyridine rings is 1. The van der Waals surface area contributed by atoms with E-state index in [-0.39, 0.29) is 6.61 Å². The molecular formula is C16H13NO. The molecule has 3 rings (SSSR count). The molecule has 0 saturated carbocycles. The van der Waals surface area contributed by atoms with Crippen LogP contribution in [0.25, 0.3) is 22.0 Å². The van der Waals surface area contributed by atoms with E-state index < -0.39 is 0 Å². The zero-order valence-corrected chi connectivity index (χ0v) is 9.88. The zero-order chi connectivity index (χ0) is 12.4. The summed E-state index contributed by atoms with van der Waals surface area (Å²) in [5, 5.41) is 10.2. The van der Waals surface area contributed by atoms with Gasteiger partial charge in [-0.15, -0.1) is 0 Å². The van der Waals surface area contributed by atoms with Gasteiger partial charge >= 0.3 is 0 Å². The topological polar surface area (TPSA) is 33.1 Å². The summed E-state index contributed by atoms with van der Waals surface area (Å²) in [4.78, 5) is 4.45. The van der Waals surface area contributed by atoms with E-state index in [2.05, 4.69) is 17.1 Å². The van der Waals surface area contributed by atoms with Gasteiger partial charge in [-0.05, 0) is 23.3 Å². The van der Waals surface area contributed by atoms with E-state index in [1.807, 2.05) is 48.7 Å². The van der Waals surface area contributed by atoms with Gasteiger partial charge < -0.3 is 5.11 Å². The standard InChI is InChI=1S/C16H13NO/c18-11-12-5-7-13(8-6-12)15-9-14-3-1-2-4-16(14)17-10-15/h1-10,18H,11H2. The van der Waals surface area contributed by atoms with Crippen molar-refractivity contribution < 1.29 is 5.11 Å². The van der Waals surface area contributed by atoms with E-state index in [4.69, 9.17) is 5.11 Å². The average Bonchev–Trinajstić information content (AvgIpc) is 2.47. The average molecular weight is 235 g/mol. The molecule has 0 aliphatic heterocycles. The summed E-state index contributed by atoms with van der Waals surface area (Å²) >= 11 is 0. The molecule has 2 nitrogen and oxygen atoms in total. The second kappa shape index (κ2) is 4.59. The Morgan fingerprint density at radius 3 is 2.44 bits per heavy atom. The molecule has 0 bridgehead atoms. The van der Waals surface area contributed by atoms with Gasteiger partial charge in [0, 0.05) is 17.1 Å². The molecule has 0 atom stereocenters. The van der Waals surface area contributed by atoms with Gasteiger partial charge in [-0.25, -0.2) is 0 Å². The van der Waals surface area contributed by atoms with Gasteiger partial charge in [0.25, 0.3) is 0 Å². The summed E-state index contributed by atoms with van der Waals surface area (Å²) < 4.78 is 0. The van der Waals surface area contributed by atoms with Gasteiger partial charge in [-0.3, -0.25) is 4.98 Å². The Hall–Kier alpha value is -2.19. The summed E-state index contributed by atoms with van der Waals surface area (Å²) in [7, 11) is 0. The number of aliphatic hydroxyl groups is 1. The maximum atomic E-state index is 9.03. The molecule has 18 heavy (non-hydrogen) atoms. The monoisotopic (exact) mass is 235 g/mol. The second-order valence-corrected chi connectivity index (χ2v) is 4.27. The smallest absolute Gasteiger partial charge is 0.0702 e. The molecule has 1 heterocycles. The predicted octanol–water partition coefficient (Wildman–Crippen LogP) is 3.39. The molecule has 0 aliphatic carbocycles. The van der Waals surface area contributed by atoms with Gasteiger partial charge in [-0.2, -0.15) is 0 Å². The second-order valence-electron chi connectivity index (χ2n) is 4.27. The van der Waals surface area contributed by atoms with Gasteiger partial charge in [0.2, 0.25) is 0 Å². The number of hydrogen-bond donors (Lipinski definition) is 1. The fourth-order valence-corrected chi connectivity index (χ4v) is 2.03. The molecule has 0 aliphatic rings. The quantitative estimate of drug-likeness (QED) is 0.738. The van der Waals surface area contributed by atoms with Crippen LogP contribution in [0.1, 0.15) is 5.56 Å². The summed E-state index contributed by atoms with van der Waals surface area (Å²) in [5.74, 6) is 0. The Morgan fingerprint density at radius 2 is 1.67 bits per heavy atom. The Labute approximate surface area is 106 Å². The molecule has 1 aromatic heterocycles. The van der Waals surface area contributed by atoms with Crippen molar-refractivity contribution in [2.75, 3.05) is 0 Å². The number of hydrogen-bond acceptors (Lipinski definition) is 2. The van der Waals surface area contributed by atoms with E-state index in [1.165, 1.54) is 0 Å². The van der Waals surface area contributed by atoms with Gasteiger partial charge in [0.1, 0.15) is 0 Å². The molecule has 1 N–H and O–H groups in total. The van der Waals surface area contributed by atoms with Crippen LogP contribution in [0, 0.1) is 0 Å². The lowest BCUT2D eigenvalue weighted by Gasteiger charge is -2.04. The summed E-state index contributed by atoms with van der Waals surface area (Å²) in [6.45, 7) is 0.0796. The Kier molecular flexibility index (Phi) is 2.79. The minimum absolute atomic E-state index is 0.0796. The van der Waals surface area contributed by atoms with Crippen LogP contribution >= 0.6 is 0 Å². The molecule has 2 aromatic carbocycles. The highest BCUT2D eigenvalue weighted by atomic mass is 16.3. The van der Waals surface area contributed by atoms with Crippen molar-refractivity contribution in [1.29, 1.82) is 0 Å². The van der Waals surface area contributed by atoms with Crippen LogP contribution in [0.2, 0.25) is 0 Å². The van der Waals surface area contributed by atoms with Crippen molar-refractivity contribution in [3.63, 3.8) is 0 Å². The fourth-order valence-electron chi connectivity index (χ4n) is 2.03. The Balaban J connectivity index is 2.07. The third-order valence-electron chi connectivity index (χ3n) is 3.06. The first kappa shape index (κ1) is 10.9. The highest BCUT2D eigenvalue weighted by Crippen LogP contribution is 2.22. The minimum Gasteiger partial charge on any atom is -0.392 e. The van der Waals surface area contributed by atoms with Gasteiger partial charge in [-0.1, -0.05) is 42.5 Å². The Morgan fingerprint density at radius 1 is 0.889 bits per heavy atom. The molecule has 3 aromatic rings. The van der Waals surface area contributed by atoms with Crippen molar-refractivity contribution >= 4 is 10.9 Å². The van der Waals surface area contributed by atoms with Crippen molar-refractivity contribution in [3.8, 4) is 11.1 Å². The molecule has 0 fully saturated rings. The van der Waals surface area contributed by atoms with E-state index in [1.54, 1.807) is 0 Å². The number of benzene rings is 2. The maximum absolute atomic E-state index is 9.03. The number of rotatable bonds is 2. The van der Waals surface area contributed by atoms with E-state index >= 15 is 0 Å². The first-order valence-electron chi connectivity index (χ1n) is 5.92. The molecular weight excluding hydrogens is 222 g/mol. The number of aliphatic hydroxyl groups excluding tert-OH is 1. The first-order valence-corrected chi connectivity index (χ1v) is 5.92. The fraction of sp³-hybridized carbons (Fsp3) is 0.0625. The van der Waals surface area contributed by atoms with Gasteiger partial charge in [0.15, 0.2) is 0 Å².